The number of ether oxygens (including phenoxy) is 1. The minimum atomic E-state index is -1.28. The van der Waals surface area contributed by atoms with Crippen LogP contribution in [0.1, 0.15) is 53.4 Å². The van der Waals surface area contributed by atoms with Crippen LogP contribution in [-0.2, 0) is 4.74 Å². The van der Waals surface area contributed by atoms with Crippen LogP contribution in [-0.4, -0.2) is 6.61 Å². The number of rotatable bonds is 16. The number of hydrogen-bond donors (Lipinski definition) is 0. The molecule has 0 aliphatic carbocycles. The van der Waals surface area contributed by atoms with Gasteiger partial charge in [-0.25, -0.2) is 13.2 Å². The zero-order chi connectivity index (χ0) is 26.6. The van der Waals surface area contributed by atoms with Gasteiger partial charge in [0, 0.05) is 11.1 Å². The van der Waals surface area contributed by atoms with E-state index in [0.29, 0.717) is 18.8 Å². The molecule has 0 fully saturated rings. The van der Waals surface area contributed by atoms with Gasteiger partial charge in [0.05, 0.1) is 6.61 Å². The van der Waals surface area contributed by atoms with E-state index in [9.17, 15) is 17.6 Å². The summed E-state index contributed by atoms with van der Waals surface area (Å²) in [6.45, 7) is 29.3. The molecule has 0 aliphatic rings. The van der Waals surface area contributed by atoms with Gasteiger partial charge in [-0.1, -0.05) is 92.2 Å². The minimum Gasteiger partial charge on any atom is -0.491 e. The van der Waals surface area contributed by atoms with Crippen LogP contribution in [0.5, 0.6) is 0 Å². The van der Waals surface area contributed by atoms with Crippen molar-refractivity contribution in [3.63, 3.8) is 0 Å². The summed E-state index contributed by atoms with van der Waals surface area (Å²) in [6.07, 6.45) is 5.72. The zero-order valence-corrected chi connectivity index (χ0v) is 21.0. The van der Waals surface area contributed by atoms with Gasteiger partial charge < -0.3 is 4.74 Å². The van der Waals surface area contributed by atoms with Crippen molar-refractivity contribution in [2.45, 2.75) is 53.4 Å². The summed E-state index contributed by atoms with van der Waals surface area (Å²) >= 11 is 0. The van der Waals surface area contributed by atoms with Crippen LogP contribution in [0.4, 0.5) is 17.6 Å². The zero-order valence-electron chi connectivity index (χ0n) is 21.0. The Balaban J connectivity index is 5.33. The molecule has 5 heteroatoms. The molecule has 0 aromatic carbocycles. The molecule has 0 rings (SSSR count). The number of halogens is 4. The highest BCUT2D eigenvalue weighted by Crippen LogP contribution is 2.32. The maximum atomic E-state index is 14.7. The summed E-state index contributed by atoms with van der Waals surface area (Å²) in [7, 11) is 0. The van der Waals surface area contributed by atoms with Gasteiger partial charge in [0.15, 0.2) is 23.2 Å². The van der Waals surface area contributed by atoms with Crippen LogP contribution in [0.25, 0.3) is 0 Å². The van der Waals surface area contributed by atoms with Gasteiger partial charge in [-0.2, -0.15) is 4.39 Å². The SMILES string of the molecule is C=C(/C=C\C(=C)C(=C)/C(F)=C(/F)C(=C)C(C)CCC(C)CC)C(=C)/C(F)=C(/F)C(=C)OCCC. The van der Waals surface area contributed by atoms with Crippen LogP contribution in [0, 0.1) is 11.8 Å². The predicted octanol–water partition coefficient (Wildman–Crippen LogP) is 10.0. The van der Waals surface area contributed by atoms with Gasteiger partial charge in [0.2, 0.25) is 5.83 Å². The monoisotopic (exact) mass is 478 g/mol. The first kappa shape index (κ1) is 31.2. The molecule has 0 amide bonds. The molecule has 0 aromatic heterocycles. The topological polar surface area (TPSA) is 9.23 Å². The fourth-order valence-corrected chi connectivity index (χ4v) is 2.63. The molecule has 0 aromatic rings. The maximum absolute atomic E-state index is 14.7. The highest BCUT2D eigenvalue weighted by atomic mass is 19.2. The van der Waals surface area contributed by atoms with Crippen molar-refractivity contribution < 1.29 is 22.3 Å². The Bertz CT molecular complexity index is 914. The summed E-state index contributed by atoms with van der Waals surface area (Å²) in [4.78, 5) is 0. The summed E-state index contributed by atoms with van der Waals surface area (Å²) < 4.78 is 62.8. The Morgan fingerprint density at radius 1 is 0.735 bits per heavy atom. The van der Waals surface area contributed by atoms with E-state index in [1.165, 1.54) is 12.2 Å². The van der Waals surface area contributed by atoms with Crippen LogP contribution in [0.2, 0.25) is 0 Å². The van der Waals surface area contributed by atoms with Crippen LogP contribution in [0.15, 0.2) is 109 Å². The number of hydrogen-bond acceptors (Lipinski definition) is 1. The number of allylic oxidation sites excluding steroid dienone is 11. The lowest BCUT2D eigenvalue weighted by Gasteiger charge is -2.16. The van der Waals surface area contributed by atoms with E-state index in [1.807, 2.05) is 6.92 Å². The molecule has 0 aliphatic heterocycles. The first-order valence-electron chi connectivity index (χ1n) is 11.4. The third kappa shape index (κ3) is 9.58. The molecular formula is C29H38F4O. The average molecular weight is 479 g/mol. The van der Waals surface area contributed by atoms with E-state index >= 15 is 0 Å². The molecule has 0 saturated heterocycles. The molecule has 0 N–H and O–H groups in total. The normalized spacial score (nSPS) is 14.6. The van der Waals surface area contributed by atoms with Crippen LogP contribution >= 0.6 is 0 Å². The Labute approximate surface area is 203 Å². The Kier molecular flexibility index (Phi) is 13.9. The first-order valence-corrected chi connectivity index (χ1v) is 11.4. The lowest BCUT2D eigenvalue weighted by atomic mass is 9.90. The van der Waals surface area contributed by atoms with E-state index in [1.54, 1.807) is 6.92 Å². The van der Waals surface area contributed by atoms with Gasteiger partial charge in [-0.3, -0.25) is 0 Å². The van der Waals surface area contributed by atoms with E-state index < -0.39 is 29.1 Å². The molecule has 2 atom stereocenters. The van der Waals surface area contributed by atoms with Crippen molar-refractivity contribution in [3.8, 4) is 0 Å². The summed E-state index contributed by atoms with van der Waals surface area (Å²) in [5, 5.41) is 0. The first-order chi connectivity index (χ1) is 15.8. The quantitative estimate of drug-likeness (QED) is 0.122. The Morgan fingerprint density at radius 3 is 1.65 bits per heavy atom. The average Bonchev–Trinajstić information content (AvgIpc) is 2.84. The Hall–Kier alpha value is -2.82. The molecular weight excluding hydrogens is 440 g/mol. The standard InChI is InChI=1S/C29H38F4O/c1-11-17-34-25(10)29(33)28(32)24(9)21(6)16-15-20(5)23(8)27(31)26(30)22(7)19(4)14-13-18(3)12-2/h15-16,18-19H,5-14,17H2,1-4H3/b16-15-,27-26-,29-28-. The fraction of sp³-hybridized carbons (Fsp3) is 0.379. The van der Waals surface area contributed by atoms with E-state index in [4.69, 9.17) is 4.74 Å². The Morgan fingerprint density at radius 2 is 1.21 bits per heavy atom. The summed E-state index contributed by atoms with van der Waals surface area (Å²) in [6, 6.07) is 0. The van der Waals surface area contributed by atoms with Crippen molar-refractivity contribution in [3.05, 3.63) is 109 Å². The van der Waals surface area contributed by atoms with E-state index in [0.717, 1.165) is 12.8 Å². The molecule has 0 bridgehead atoms. The fourth-order valence-electron chi connectivity index (χ4n) is 2.63. The van der Waals surface area contributed by atoms with E-state index in [2.05, 4.69) is 53.3 Å². The second kappa shape index (κ2) is 15.2. The predicted molar refractivity (Wildman–Crippen MR) is 137 cm³/mol. The summed E-state index contributed by atoms with van der Waals surface area (Å²) in [5.74, 6) is -4.99. The van der Waals surface area contributed by atoms with Crippen LogP contribution in [0.3, 0.4) is 0 Å². The molecule has 34 heavy (non-hydrogen) atoms. The van der Waals surface area contributed by atoms with Gasteiger partial charge in [0.25, 0.3) is 0 Å². The molecule has 1 nitrogen and oxygen atoms in total. The van der Waals surface area contributed by atoms with Crippen molar-refractivity contribution >= 4 is 0 Å². The minimum absolute atomic E-state index is 0.00201. The third-order valence-electron chi connectivity index (χ3n) is 5.57. The highest BCUT2D eigenvalue weighted by Gasteiger charge is 2.20. The van der Waals surface area contributed by atoms with Crippen molar-refractivity contribution in [1.29, 1.82) is 0 Å². The lowest BCUT2D eigenvalue weighted by Crippen LogP contribution is -2.04. The molecule has 0 spiro atoms. The molecule has 2 unspecified atom stereocenters. The van der Waals surface area contributed by atoms with E-state index in [-0.39, 0.29) is 40.4 Å². The smallest absolute Gasteiger partial charge is 0.200 e. The van der Waals surface area contributed by atoms with Gasteiger partial charge in [0.1, 0.15) is 0 Å². The van der Waals surface area contributed by atoms with Crippen molar-refractivity contribution in [2.24, 2.45) is 11.8 Å². The molecule has 0 saturated carbocycles. The second-order valence-electron chi connectivity index (χ2n) is 8.39. The van der Waals surface area contributed by atoms with Crippen molar-refractivity contribution in [2.75, 3.05) is 6.61 Å². The van der Waals surface area contributed by atoms with Gasteiger partial charge in [-0.15, -0.1) is 0 Å². The molecule has 0 radical (unpaired) electrons. The second-order valence-corrected chi connectivity index (χ2v) is 8.39. The van der Waals surface area contributed by atoms with Crippen molar-refractivity contribution in [1.82, 2.24) is 0 Å². The van der Waals surface area contributed by atoms with Gasteiger partial charge >= 0.3 is 0 Å². The molecule has 188 valence electrons. The maximum Gasteiger partial charge on any atom is 0.200 e. The highest BCUT2D eigenvalue weighted by molar-refractivity contribution is 5.54. The lowest BCUT2D eigenvalue weighted by molar-refractivity contribution is 0.208. The van der Waals surface area contributed by atoms with Gasteiger partial charge in [-0.05, 0) is 41.4 Å². The largest absolute Gasteiger partial charge is 0.491 e. The summed E-state index contributed by atoms with van der Waals surface area (Å²) in [5.41, 5.74) is -0.546. The van der Waals surface area contributed by atoms with Crippen LogP contribution < -0.4 is 0 Å². The third-order valence-corrected chi connectivity index (χ3v) is 5.57. The molecule has 0 heterocycles.